The first-order valence-corrected chi connectivity index (χ1v) is 8.49. The Labute approximate surface area is 149 Å². The summed E-state index contributed by atoms with van der Waals surface area (Å²) in [6, 6.07) is 3.57. The van der Waals surface area contributed by atoms with Crippen molar-refractivity contribution in [2.24, 2.45) is 0 Å². The number of carbonyl (C=O) groups excluding carboxylic acids is 1. The van der Waals surface area contributed by atoms with Gasteiger partial charge in [-0.25, -0.2) is 18.0 Å². The van der Waals surface area contributed by atoms with Crippen molar-refractivity contribution in [3.05, 3.63) is 24.0 Å². The second-order valence-corrected chi connectivity index (χ2v) is 6.57. The van der Waals surface area contributed by atoms with E-state index in [0.29, 0.717) is 37.7 Å². The van der Waals surface area contributed by atoms with Crippen molar-refractivity contribution in [1.82, 2.24) is 4.90 Å². The van der Waals surface area contributed by atoms with Gasteiger partial charge in [0.1, 0.15) is 11.4 Å². The summed E-state index contributed by atoms with van der Waals surface area (Å²) in [7, 11) is 0. The van der Waals surface area contributed by atoms with E-state index in [1.54, 1.807) is 0 Å². The minimum Gasteiger partial charge on any atom is -0.378 e. The lowest BCUT2D eigenvalue weighted by Gasteiger charge is -2.39. The van der Waals surface area contributed by atoms with Gasteiger partial charge in [0.2, 0.25) is 0 Å². The molecule has 0 spiro atoms. The maximum Gasteiger partial charge on any atom is 0.322 e. The fourth-order valence-electron chi connectivity index (χ4n) is 3.07. The molecule has 2 saturated heterocycles. The van der Waals surface area contributed by atoms with Crippen LogP contribution in [-0.2, 0) is 9.47 Å². The van der Waals surface area contributed by atoms with Gasteiger partial charge in [-0.05, 0) is 25.1 Å². The van der Waals surface area contributed by atoms with Crippen LogP contribution in [0, 0.1) is 5.82 Å². The molecular formula is C17H22F3N3O3. The fraction of sp³-hybridized carbons (Fsp3) is 0.588. The Morgan fingerprint density at radius 3 is 2.65 bits per heavy atom. The summed E-state index contributed by atoms with van der Waals surface area (Å²) in [4.78, 5) is 15.8. The predicted octanol–water partition coefficient (Wildman–Crippen LogP) is 2.55. The van der Waals surface area contributed by atoms with Crippen LogP contribution in [0.4, 0.5) is 29.3 Å². The van der Waals surface area contributed by atoms with E-state index < -0.39 is 23.9 Å². The van der Waals surface area contributed by atoms with E-state index in [-0.39, 0.29) is 19.7 Å². The molecule has 26 heavy (non-hydrogen) atoms. The molecule has 1 aromatic carbocycles. The summed E-state index contributed by atoms with van der Waals surface area (Å²) in [5.74, 6) is -0.416. The minimum absolute atomic E-state index is 0.0357. The van der Waals surface area contributed by atoms with Gasteiger partial charge in [-0.15, -0.1) is 0 Å². The molecule has 2 fully saturated rings. The fourth-order valence-corrected chi connectivity index (χ4v) is 3.07. The van der Waals surface area contributed by atoms with Crippen LogP contribution >= 0.6 is 0 Å². The molecule has 1 N–H and O–H groups in total. The summed E-state index contributed by atoms with van der Waals surface area (Å²) < 4.78 is 50.5. The topological polar surface area (TPSA) is 54.0 Å². The number of amides is 2. The molecule has 6 nitrogen and oxygen atoms in total. The largest absolute Gasteiger partial charge is 0.378 e. The van der Waals surface area contributed by atoms with Gasteiger partial charge in [0.05, 0.1) is 37.7 Å². The molecule has 2 heterocycles. The number of urea groups is 1. The number of nitrogens with one attached hydrogen (secondary N) is 1. The number of carbonyl (C=O) groups is 1. The number of morpholine rings is 2. The van der Waals surface area contributed by atoms with Crippen LogP contribution in [0.5, 0.6) is 0 Å². The highest BCUT2D eigenvalue weighted by Gasteiger charge is 2.42. The van der Waals surface area contributed by atoms with Gasteiger partial charge in [0.25, 0.3) is 6.43 Å². The molecule has 0 saturated carbocycles. The van der Waals surface area contributed by atoms with Gasteiger partial charge in [-0.2, -0.15) is 0 Å². The quantitative estimate of drug-likeness (QED) is 0.885. The Bertz CT molecular complexity index is 655. The highest BCUT2D eigenvalue weighted by atomic mass is 19.3. The Morgan fingerprint density at radius 1 is 1.23 bits per heavy atom. The second kappa shape index (κ2) is 7.71. The number of ether oxygens (including phenoxy) is 2. The lowest BCUT2D eigenvalue weighted by Crippen LogP contribution is -2.56. The number of alkyl halides is 2. The van der Waals surface area contributed by atoms with E-state index >= 15 is 0 Å². The summed E-state index contributed by atoms with van der Waals surface area (Å²) in [6.07, 6.45) is -2.70. The van der Waals surface area contributed by atoms with E-state index in [0.717, 1.165) is 0 Å². The minimum atomic E-state index is -2.70. The first-order chi connectivity index (χ1) is 12.4. The van der Waals surface area contributed by atoms with Crippen molar-refractivity contribution in [3.63, 3.8) is 0 Å². The smallest absolute Gasteiger partial charge is 0.322 e. The summed E-state index contributed by atoms with van der Waals surface area (Å²) >= 11 is 0. The Kier molecular flexibility index (Phi) is 5.57. The zero-order valence-electron chi connectivity index (χ0n) is 14.5. The van der Waals surface area contributed by atoms with Gasteiger partial charge in [-0.1, -0.05) is 0 Å². The SMILES string of the molecule is CC1(C(F)F)CN(C(=O)Nc2ccc(F)cc2N2CCOCC2)CCO1. The number of rotatable bonds is 3. The average Bonchev–Trinajstić information content (AvgIpc) is 2.64. The normalized spacial score (nSPS) is 24.0. The summed E-state index contributed by atoms with van der Waals surface area (Å²) in [6.45, 7) is 3.50. The van der Waals surface area contributed by atoms with Gasteiger partial charge in [0, 0.05) is 19.6 Å². The van der Waals surface area contributed by atoms with Crippen molar-refractivity contribution in [1.29, 1.82) is 0 Å². The van der Waals surface area contributed by atoms with Crippen molar-refractivity contribution in [2.45, 2.75) is 19.0 Å². The Hall–Kier alpha value is -2.00. The predicted molar refractivity (Wildman–Crippen MR) is 90.4 cm³/mol. The molecule has 0 bridgehead atoms. The molecule has 0 aromatic heterocycles. The van der Waals surface area contributed by atoms with E-state index in [4.69, 9.17) is 9.47 Å². The molecule has 2 amide bonds. The third-order valence-corrected chi connectivity index (χ3v) is 4.60. The van der Waals surface area contributed by atoms with Crippen LogP contribution in [-0.4, -0.2) is 69.0 Å². The van der Waals surface area contributed by atoms with Crippen LogP contribution < -0.4 is 10.2 Å². The monoisotopic (exact) mass is 373 g/mol. The highest BCUT2D eigenvalue weighted by molar-refractivity contribution is 5.93. The van der Waals surface area contributed by atoms with Crippen molar-refractivity contribution < 1.29 is 27.4 Å². The highest BCUT2D eigenvalue weighted by Crippen LogP contribution is 2.29. The molecule has 1 atom stereocenters. The van der Waals surface area contributed by atoms with E-state index in [1.807, 2.05) is 4.90 Å². The number of hydrogen-bond donors (Lipinski definition) is 1. The molecule has 9 heteroatoms. The number of halogens is 3. The van der Waals surface area contributed by atoms with E-state index in [2.05, 4.69) is 5.32 Å². The molecule has 144 valence electrons. The van der Waals surface area contributed by atoms with Crippen LogP contribution in [0.3, 0.4) is 0 Å². The number of hydrogen-bond acceptors (Lipinski definition) is 4. The lowest BCUT2D eigenvalue weighted by molar-refractivity contribution is -0.161. The second-order valence-electron chi connectivity index (χ2n) is 6.57. The molecule has 1 unspecified atom stereocenters. The van der Waals surface area contributed by atoms with Gasteiger partial charge in [0.15, 0.2) is 0 Å². The number of benzene rings is 1. The van der Waals surface area contributed by atoms with E-state index in [1.165, 1.54) is 30.0 Å². The van der Waals surface area contributed by atoms with Gasteiger partial charge < -0.3 is 24.6 Å². The van der Waals surface area contributed by atoms with Crippen LogP contribution in [0.2, 0.25) is 0 Å². The van der Waals surface area contributed by atoms with E-state index in [9.17, 15) is 18.0 Å². The van der Waals surface area contributed by atoms with Gasteiger partial charge in [-0.3, -0.25) is 0 Å². The number of nitrogens with zero attached hydrogens (tertiary/aromatic N) is 2. The molecule has 2 aliphatic rings. The van der Waals surface area contributed by atoms with Crippen molar-refractivity contribution in [3.8, 4) is 0 Å². The zero-order chi connectivity index (χ0) is 18.7. The molecule has 1 aromatic rings. The van der Waals surface area contributed by atoms with Gasteiger partial charge >= 0.3 is 6.03 Å². The Morgan fingerprint density at radius 2 is 1.96 bits per heavy atom. The summed E-state index contributed by atoms with van der Waals surface area (Å²) in [5.41, 5.74) is -0.708. The van der Waals surface area contributed by atoms with Crippen molar-refractivity contribution >= 4 is 17.4 Å². The molecular weight excluding hydrogens is 351 g/mol. The van der Waals surface area contributed by atoms with Crippen LogP contribution in [0.1, 0.15) is 6.92 Å². The molecule has 2 aliphatic heterocycles. The van der Waals surface area contributed by atoms with Crippen LogP contribution in [0.25, 0.3) is 0 Å². The third-order valence-electron chi connectivity index (χ3n) is 4.60. The molecule has 0 aliphatic carbocycles. The summed E-state index contributed by atoms with van der Waals surface area (Å²) in [5, 5.41) is 2.72. The maximum atomic E-state index is 13.7. The first-order valence-electron chi connectivity index (χ1n) is 8.49. The lowest BCUT2D eigenvalue weighted by atomic mass is 10.1. The number of anilines is 2. The average molecular weight is 373 g/mol. The Balaban J connectivity index is 1.75. The molecule has 3 rings (SSSR count). The standard InChI is InChI=1S/C17H22F3N3O3/c1-17(15(19)20)11-23(6-9-26-17)16(24)21-13-3-2-12(18)10-14(13)22-4-7-25-8-5-22/h2-3,10,15H,4-9,11H2,1H3,(H,21,24). The third kappa shape index (κ3) is 4.04. The maximum absolute atomic E-state index is 13.7. The van der Waals surface area contributed by atoms with Crippen molar-refractivity contribution in [2.75, 3.05) is 56.2 Å². The zero-order valence-corrected chi connectivity index (χ0v) is 14.5. The first kappa shape index (κ1) is 18.8. The molecule has 0 radical (unpaired) electrons. The van der Waals surface area contributed by atoms with Crippen LogP contribution in [0.15, 0.2) is 18.2 Å².